The van der Waals surface area contributed by atoms with Crippen LogP contribution in [0.4, 0.5) is 0 Å². The SMILES string of the molecule is CCCn1nnc(CCN)c1CC. The molecule has 0 aliphatic heterocycles. The van der Waals surface area contributed by atoms with Gasteiger partial charge in [-0.1, -0.05) is 19.1 Å². The first kappa shape index (κ1) is 10.2. The van der Waals surface area contributed by atoms with Crippen molar-refractivity contribution in [1.82, 2.24) is 15.0 Å². The van der Waals surface area contributed by atoms with Gasteiger partial charge in [0.1, 0.15) is 0 Å². The van der Waals surface area contributed by atoms with Crippen LogP contribution in [-0.2, 0) is 19.4 Å². The normalized spacial score (nSPS) is 10.7. The topological polar surface area (TPSA) is 56.7 Å². The first-order valence-electron chi connectivity index (χ1n) is 4.94. The maximum atomic E-state index is 5.49. The highest BCUT2D eigenvalue weighted by molar-refractivity contribution is 5.10. The average molecular weight is 182 g/mol. The highest BCUT2D eigenvalue weighted by atomic mass is 15.4. The second-order valence-corrected chi connectivity index (χ2v) is 3.10. The van der Waals surface area contributed by atoms with Crippen LogP contribution in [0.25, 0.3) is 0 Å². The van der Waals surface area contributed by atoms with Crippen LogP contribution < -0.4 is 5.73 Å². The number of aryl methyl sites for hydroxylation is 1. The van der Waals surface area contributed by atoms with Crippen LogP contribution in [0.3, 0.4) is 0 Å². The fourth-order valence-electron chi connectivity index (χ4n) is 1.48. The minimum atomic E-state index is 0.651. The standard InChI is InChI=1S/C9H18N4/c1-3-7-13-9(4-2)8(5-6-10)11-12-13/h3-7,10H2,1-2H3. The molecule has 0 fully saturated rings. The van der Waals surface area contributed by atoms with E-state index in [1.807, 2.05) is 4.68 Å². The molecule has 0 aliphatic carbocycles. The van der Waals surface area contributed by atoms with Gasteiger partial charge in [-0.05, 0) is 19.4 Å². The highest BCUT2D eigenvalue weighted by Crippen LogP contribution is 2.07. The van der Waals surface area contributed by atoms with Crippen molar-refractivity contribution in [3.8, 4) is 0 Å². The molecule has 1 aromatic rings. The molecule has 0 spiro atoms. The van der Waals surface area contributed by atoms with Gasteiger partial charge in [0.2, 0.25) is 0 Å². The minimum absolute atomic E-state index is 0.651. The monoisotopic (exact) mass is 182 g/mol. The van der Waals surface area contributed by atoms with E-state index in [9.17, 15) is 0 Å². The summed E-state index contributed by atoms with van der Waals surface area (Å²) in [6.07, 6.45) is 2.92. The van der Waals surface area contributed by atoms with E-state index in [2.05, 4.69) is 24.2 Å². The van der Waals surface area contributed by atoms with Crippen LogP contribution in [0.1, 0.15) is 31.7 Å². The molecule has 0 unspecified atom stereocenters. The summed E-state index contributed by atoms with van der Waals surface area (Å²) in [5.41, 5.74) is 7.80. The lowest BCUT2D eigenvalue weighted by Crippen LogP contribution is -2.07. The van der Waals surface area contributed by atoms with E-state index in [1.165, 1.54) is 5.69 Å². The minimum Gasteiger partial charge on any atom is -0.330 e. The second-order valence-electron chi connectivity index (χ2n) is 3.10. The first-order chi connectivity index (χ1) is 6.33. The molecule has 1 heterocycles. The van der Waals surface area contributed by atoms with Gasteiger partial charge in [-0.2, -0.15) is 0 Å². The summed E-state index contributed by atoms with van der Waals surface area (Å²) < 4.78 is 1.99. The van der Waals surface area contributed by atoms with Crippen LogP contribution >= 0.6 is 0 Å². The predicted octanol–water partition coefficient (Wildman–Crippen LogP) is 0.752. The van der Waals surface area contributed by atoms with Crippen molar-refractivity contribution in [2.24, 2.45) is 5.73 Å². The third-order valence-electron chi connectivity index (χ3n) is 2.07. The maximum absolute atomic E-state index is 5.49. The van der Waals surface area contributed by atoms with Crippen LogP contribution in [0, 0.1) is 0 Å². The van der Waals surface area contributed by atoms with Crippen molar-refractivity contribution < 1.29 is 0 Å². The number of nitrogens with zero attached hydrogens (tertiary/aromatic N) is 3. The summed E-state index contributed by atoms with van der Waals surface area (Å²) in [6, 6.07) is 0. The molecule has 0 radical (unpaired) electrons. The summed E-state index contributed by atoms with van der Waals surface area (Å²) in [5, 5.41) is 8.23. The van der Waals surface area contributed by atoms with Crippen molar-refractivity contribution in [2.45, 2.75) is 39.7 Å². The maximum Gasteiger partial charge on any atom is 0.0871 e. The van der Waals surface area contributed by atoms with Crippen LogP contribution in [0.5, 0.6) is 0 Å². The van der Waals surface area contributed by atoms with E-state index in [0.717, 1.165) is 31.5 Å². The van der Waals surface area contributed by atoms with E-state index < -0.39 is 0 Å². The lowest BCUT2D eigenvalue weighted by Gasteiger charge is -2.03. The lowest BCUT2D eigenvalue weighted by molar-refractivity contribution is 0.557. The molecule has 0 amide bonds. The predicted molar refractivity (Wildman–Crippen MR) is 52.4 cm³/mol. The smallest absolute Gasteiger partial charge is 0.0871 e. The molecule has 13 heavy (non-hydrogen) atoms. The van der Waals surface area contributed by atoms with Gasteiger partial charge < -0.3 is 5.73 Å². The van der Waals surface area contributed by atoms with E-state index in [4.69, 9.17) is 5.73 Å². The van der Waals surface area contributed by atoms with E-state index in [1.54, 1.807) is 0 Å². The molecule has 1 rings (SSSR count). The van der Waals surface area contributed by atoms with Crippen LogP contribution in [-0.4, -0.2) is 21.5 Å². The fourth-order valence-corrected chi connectivity index (χ4v) is 1.48. The Morgan fingerprint density at radius 3 is 2.69 bits per heavy atom. The zero-order valence-corrected chi connectivity index (χ0v) is 8.45. The van der Waals surface area contributed by atoms with Crippen molar-refractivity contribution in [2.75, 3.05) is 6.54 Å². The van der Waals surface area contributed by atoms with E-state index in [0.29, 0.717) is 6.54 Å². The molecule has 0 saturated carbocycles. The summed E-state index contributed by atoms with van der Waals surface area (Å²) in [6.45, 7) is 5.88. The number of hydrogen-bond acceptors (Lipinski definition) is 3. The fraction of sp³-hybridized carbons (Fsp3) is 0.778. The van der Waals surface area contributed by atoms with Crippen LogP contribution in [0.15, 0.2) is 0 Å². The lowest BCUT2D eigenvalue weighted by atomic mass is 10.2. The Balaban J connectivity index is 2.82. The quantitative estimate of drug-likeness (QED) is 0.731. The summed E-state index contributed by atoms with van der Waals surface area (Å²) in [7, 11) is 0. The van der Waals surface area contributed by atoms with Gasteiger partial charge in [0, 0.05) is 13.0 Å². The van der Waals surface area contributed by atoms with E-state index >= 15 is 0 Å². The Labute approximate surface area is 79.1 Å². The van der Waals surface area contributed by atoms with Gasteiger partial charge in [0.25, 0.3) is 0 Å². The Morgan fingerprint density at radius 2 is 2.15 bits per heavy atom. The number of nitrogens with two attached hydrogens (primary N) is 1. The van der Waals surface area contributed by atoms with Gasteiger partial charge in [-0.25, -0.2) is 4.68 Å². The molecule has 2 N–H and O–H groups in total. The Bertz CT molecular complexity index is 231. The summed E-state index contributed by atoms with van der Waals surface area (Å²) in [5.74, 6) is 0. The zero-order valence-electron chi connectivity index (χ0n) is 8.45. The highest BCUT2D eigenvalue weighted by Gasteiger charge is 2.08. The average Bonchev–Trinajstić information content (AvgIpc) is 2.49. The number of aromatic nitrogens is 3. The van der Waals surface area contributed by atoms with Gasteiger partial charge in [-0.3, -0.25) is 0 Å². The molecule has 0 aliphatic rings. The summed E-state index contributed by atoms with van der Waals surface area (Å²) >= 11 is 0. The molecule has 1 aromatic heterocycles. The molecule has 0 aromatic carbocycles. The third-order valence-corrected chi connectivity index (χ3v) is 2.07. The third kappa shape index (κ3) is 2.28. The summed E-state index contributed by atoms with van der Waals surface area (Å²) in [4.78, 5) is 0. The number of hydrogen-bond donors (Lipinski definition) is 1. The van der Waals surface area contributed by atoms with Gasteiger partial charge >= 0.3 is 0 Å². The Morgan fingerprint density at radius 1 is 1.38 bits per heavy atom. The van der Waals surface area contributed by atoms with Crippen LogP contribution in [0.2, 0.25) is 0 Å². The molecular weight excluding hydrogens is 164 g/mol. The van der Waals surface area contributed by atoms with Crippen molar-refractivity contribution in [3.05, 3.63) is 11.4 Å². The molecule has 4 heteroatoms. The van der Waals surface area contributed by atoms with Crippen molar-refractivity contribution >= 4 is 0 Å². The van der Waals surface area contributed by atoms with Crippen molar-refractivity contribution in [1.29, 1.82) is 0 Å². The van der Waals surface area contributed by atoms with Crippen molar-refractivity contribution in [3.63, 3.8) is 0 Å². The second kappa shape index (κ2) is 4.97. The molecule has 0 saturated heterocycles. The molecular formula is C9H18N4. The first-order valence-corrected chi connectivity index (χ1v) is 4.94. The molecule has 74 valence electrons. The number of rotatable bonds is 5. The van der Waals surface area contributed by atoms with Gasteiger partial charge in [0.15, 0.2) is 0 Å². The molecule has 4 nitrogen and oxygen atoms in total. The Hall–Kier alpha value is -0.900. The van der Waals surface area contributed by atoms with Gasteiger partial charge in [0.05, 0.1) is 11.4 Å². The van der Waals surface area contributed by atoms with E-state index in [-0.39, 0.29) is 0 Å². The molecule has 0 atom stereocenters. The largest absolute Gasteiger partial charge is 0.330 e. The zero-order chi connectivity index (χ0) is 9.68. The van der Waals surface area contributed by atoms with Gasteiger partial charge in [-0.15, -0.1) is 5.10 Å². The Kier molecular flexibility index (Phi) is 3.89. The molecule has 0 bridgehead atoms.